The molecule has 2 rings (SSSR count). The van der Waals surface area contributed by atoms with Crippen molar-refractivity contribution in [3.8, 4) is 10.4 Å². The van der Waals surface area contributed by atoms with Gasteiger partial charge in [-0.05, 0) is 17.1 Å². The van der Waals surface area contributed by atoms with Gasteiger partial charge >= 0.3 is 0 Å². The molecule has 1 unspecified atom stereocenters. The van der Waals surface area contributed by atoms with Crippen LogP contribution < -0.4 is 0 Å². The van der Waals surface area contributed by atoms with Gasteiger partial charge in [-0.2, -0.15) is 0 Å². The molecular weight excluding hydrogens is 244 g/mol. The van der Waals surface area contributed by atoms with Gasteiger partial charge in [-0.1, -0.05) is 28.8 Å². The summed E-state index contributed by atoms with van der Waals surface area (Å²) in [5.41, 5.74) is 1.60. The molecule has 1 aromatic carbocycles. The maximum absolute atomic E-state index is 11.4. The Labute approximate surface area is 98.0 Å². The van der Waals surface area contributed by atoms with Crippen LogP contribution >= 0.6 is 11.5 Å². The summed E-state index contributed by atoms with van der Waals surface area (Å²) in [6, 6.07) is 7.39. The molecule has 84 valence electrons. The molecule has 0 aliphatic rings. The quantitative estimate of drug-likeness (QED) is 0.829. The van der Waals surface area contributed by atoms with Gasteiger partial charge < -0.3 is 4.55 Å². The minimum atomic E-state index is -2.90. The SMILES string of the molecule is CS(=O)(O)=Cc1ccccc1-c1cnns1. The number of benzene rings is 1. The summed E-state index contributed by atoms with van der Waals surface area (Å²) in [5, 5.41) is 5.12. The Morgan fingerprint density at radius 1 is 1.44 bits per heavy atom. The summed E-state index contributed by atoms with van der Waals surface area (Å²) in [4.78, 5) is 0.885. The number of hydrogen-bond donors (Lipinski definition) is 1. The molecule has 4 nitrogen and oxygen atoms in total. The third kappa shape index (κ3) is 2.66. The van der Waals surface area contributed by atoms with Gasteiger partial charge in [0.1, 0.15) is 0 Å². The van der Waals surface area contributed by atoms with Crippen LogP contribution in [0.4, 0.5) is 0 Å². The van der Waals surface area contributed by atoms with Crippen molar-refractivity contribution >= 4 is 26.7 Å². The Balaban J connectivity index is 2.60. The third-order valence-electron chi connectivity index (χ3n) is 1.93. The van der Waals surface area contributed by atoms with Crippen LogP contribution in [0.5, 0.6) is 0 Å². The molecule has 6 heteroatoms. The van der Waals surface area contributed by atoms with E-state index in [0.717, 1.165) is 16.0 Å². The lowest BCUT2D eigenvalue weighted by atomic mass is 10.1. The van der Waals surface area contributed by atoms with Crippen LogP contribution in [0.15, 0.2) is 30.5 Å². The summed E-state index contributed by atoms with van der Waals surface area (Å²) in [6.07, 6.45) is 2.93. The fourth-order valence-electron chi connectivity index (χ4n) is 1.35. The molecule has 0 saturated carbocycles. The molecule has 2 aromatic rings. The van der Waals surface area contributed by atoms with E-state index in [4.69, 9.17) is 0 Å². The largest absolute Gasteiger partial charge is 0.314 e. The van der Waals surface area contributed by atoms with E-state index in [0.29, 0.717) is 0 Å². The fourth-order valence-corrected chi connectivity index (χ4v) is 2.58. The highest BCUT2D eigenvalue weighted by Crippen LogP contribution is 2.24. The molecule has 0 radical (unpaired) electrons. The van der Waals surface area contributed by atoms with Crippen LogP contribution in [-0.4, -0.2) is 30.0 Å². The molecule has 0 amide bonds. The van der Waals surface area contributed by atoms with Crippen LogP contribution in [0.25, 0.3) is 10.4 Å². The highest BCUT2D eigenvalue weighted by Gasteiger charge is 2.06. The molecule has 0 spiro atoms. The molecule has 0 saturated heterocycles. The van der Waals surface area contributed by atoms with E-state index in [-0.39, 0.29) is 0 Å². The zero-order chi connectivity index (χ0) is 11.6. The molecule has 1 N–H and O–H groups in total. The van der Waals surface area contributed by atoms with E-state index >= 15 is 0 Å². The van der Waals surface area contributed by atoms with E-state index in [1.165, 1.54) is 23.2 Å². The van der Waals surface area contributed by atoms with Crippen LogP contribution in [0, 0.1) is 0 Å². The summed E-state index contributed by atoms with van der Waals surface area (Å²) in [5.74, 6) is 0. The van der Waals surface area contributed by atoms with Gasteiger partial charge in [-0.15, -0.1) is 5.10 Å². The molecule has 1 aromatic heterocycles. The van der Waals surface area contributed by atoms with E-state index in [2.05, 4.69) is 9.59 Å². The molecule has 0 aliphatic carbocycles. The first-order valence-electron chi connectivity index (χ1n) is 4.49. The third-order valence-corrected chi connectivity index (χ3v) is 3.32. The van der Waals surface area contributed by atoms with E-state index in [1.54, 1.807) is 12.3 Å². The normalized spacial score (nSPS) is 14.4. The van der Waals surface area contributed by atoms with Crippen LogP contribution in [0.2, 0.25) is 0 Å². The van der Waals surface area contributed by atoms with Crippen molar-refractivity contribution in [1.82, 2.24) is 9.59 Å². The van der Waals surface area contributed by atoms with E-state index in [1.807, 2.05) is 18.2 Å². The Morgan fingerprint density at radius 2 is 2.19 bits per heavy atom. The molecule has 1 atom stereocenters. The van der Waals surface area contributed by atoms with Crippen molar-refractivity contribution in [2.24, 2.45) is 0 Å². The van der Waals surface area contributed by atoms with E-state index < -0.39 is 9.80 Å². The Bertz CT molecular complexity index is 591. The number of aromatic nitrogens is 2. The smallest absolute Gasteiger partial charge is 0.0791 e. The first kappa shape index (κ1) is 11.3. The first-order chi connectivity index (χ1) is 7.56. The lowest BCUT2D eigenvalue weighted by Gasteiger charge is -2.02. The van der Waals surface area contributed by atoms with Crippen molar-refractivity contribution in [3.05, 3.63) is 36.0 Å². The van der Waals surface area contributed by atoms with Crippen molar-refractivity contribution < 1.29 is 8.76 Å². The topological polar surface area (TPSA) is 63.1 Å². The second kappa shape index (κ2) is 4.32. The zero-order valence-electron chi connectivity index (χ0n) is 8.53. The number of nitrogens with zero attached hydrogens (tertiary/aromatic N) is 2. The Morgan fingerprint density at radius 3 is 2.81 bits per heavy atom. The van der Waals surface area contributed by atoms with Crippen LogP contribution in [0.1, 0.15) is 5.56 Å². The second-order valence-electron chi connectivity index (χ2n) is 3.35. The molecule has 1 heterocycles. The van der Waals surface area contributed by atoms with Crippen LogP contribution in [0.3, 0.4) is 0 Å². The van der Waals surface area contributed by atoms with Gasteiger partial charge in [0, 0.05) is 17.2 Å². The van der Waals surface area contributed by atoms with Gasteiger partial charge in [0.2, 0.25) is 0 Å². The van der Waals surface area contributed by atoms with Crippen molar-refractivity contribution in [2.45, 2.75) is 0 Å². The van der Waals surface area contributed by atoms with Gasteiger partial charge in [0.25, 0.3) is 0 Å². The Kier molecular flexibility index (Phi) is 3.04. The van der Waals surface area contributed by atoms with Gasteiger partial charge in [0.15, 0.2) is 0 Å². The van der Waals surface area contributed by atoms with Crippen molar-refractivity contribution in [2.75, 3.05) is 6.26 Å². The summed E-state index contributed by atoms with van der Waals surface area (Å²) in [7, 11) is -2.90. The summed E-state index contributed by atoms with van der Waals surface area (Å²) >= 11 is 1.26. The summed E-state index contributed by atoms with van der Waals surface area (Å²) in [6.45, 7) is 0. The minimum absolute atomic E-state index is 0.726. The standard InChI is InChI=1S/C10H10N2O2S2/c1-16(13,14)7-8-4-2-3-5-9(8)10-6-11-12-15-10/h2-7H,1H3,(H,13,14). The summed E-state index contributed by atoms with van der Waals surface area (Å²) < 4.78 is 24.5. The van der Waals surface area contributed by atoms with Gasteiger partial charge in [-0.25, -0.2) is 4.21 Å². The Hall–Kier alpha value is -1.24. The van der Waals surface area contributed by atoms with Gasteiger partial charge in [0.05, 0.1) is 20.9 Å². The van der Waals surface area contributed by atoms with E-state index in [9.17, 15) is 8.76 Å². The average molecular weight is 254 g/mol. The minimum Gasteiger partial charge on any atom is -0.314 e. The van der Waals surface area contributed by atoms with Crippen molar-refractivity contribution in [3.63, 3.8) is 0 Å². The fraction of sp³-hybridized carbons (Fsp3) is 0.100. The van der Waals surface area contributed by atoms with Crippen LogP contribution in [-0.2, 0) is 9.80 Å². The molecule has 0 aliphatic heterocycles. The zero-order valence-corrected chi connectivity index (χ0v) is 10.2. The maximum Gasteiger partial charge on any atom is 0.0791 e. The highest BCUT2D eigenvalue weighted by molar-refractivity contribution is 7.95. The maximum atomic E-state index is 11.4. The highest BCUT2D eigenvalue weighted by atomic mass is 32.2. The lowest BCUT2D eigenvalue weighted by Crippen LogP contribution is -2.00. The number of rotatable bonds is 2. The molecule has 0 fully saturated rings. The molecule has 0 bridgehead atoms. The predicted molar refractivity (Wildman–Crippen MR) is 67.2 cm³/mol. The molecule has 16 heavy (non-hydrogen) atoms. The lowest BCUT2D eigenvalue weighted by molar-refractivity contribution is 0.566. The number of hydrogen-bond acceptors (Lipinski definition) is 4. The predicted octanol–water partition coefficient (Wildman–Crippen LogP) is 1.74. The van der Waals surface area contributed by atoms with Gasteiger partial charge in [-0.3, -0.25) is 0 Å². The monoisotopic (exact) mass is 254 g/mol. The van der Waals surface area contributed by atoms with Crippen molar-refractivity contribution in [1.29, 1.82) is 0 Å². The average Bonchev–Trinajstić information content (AvgIpc) is 2.69. The second-order valence-corrected chi connectivity index (χ2v) is 6.09. The molecular formula is C10H10N2O2S2. The first-order valence-corrected chi connectivity index (χ1v) is 7.25.